The first kappa shape index (κ1) is 24.6. The van der Waals surface area contributed by atoms with E-state index in [1.165, 1.54) is 55.9 Å². The predicted octanol–water partition coefficient (Wildman–Crippen LogP) is 8.26. The Bertz CT molecular complexity index is 741. The van der Waals surface area contributed by atoms with Gasteiger partial charge in [0.25, 0.3) is 0 Å². The average Bonchev–Trinajstić information content (AvgIpc) is 2.67. The van der Waals surface area contributed by atoms with Crippen LogP contribution in [0.4, 0.5) is 0 Å². The number of fused-ring (bicyclic) bond motifs is 1. The third-order valence-electron chi connectivity index (χ3n) is 5.64. The van der Waals surface area contributed by atoms with Gasteiger partial charge in [0.05, 0.1) is 11.2 Å². The second-order valence-corrected chi connectivity index (χ2v) is 12.1. The minimum Gasteiger partial charge on any atom is -0.417 e. The van der Waals surface area contributed by atoms with E-state index in [4.69, 9.17) is 9.41 Å². The smallest absolute Gasteiger partial charge is 0.204 e. The number of aromatic nitrogens is 1. The molecule has 0 fully saturated rings. The largest absolute Gasteiger partial charge is 0.417 e. The van der Waals surface area contributed by atoms with Crippen molar-refractivity contribution in [3.8, 4) is 0 Å². The summed E-state index contributed by atoms with van der Waals surface area (Å²) < 4.78 is 5.73. The molecule has 0 aliphatic rings. The highest BCUT2D eigenvalue weighted by atomic mass is 79.9. The van der Waals surface area contributed by atoms with Gasteiger partial charge in [0.2, 0.25) is 9.04 Å². The molecule has 1 heterocycles. The van der Waals surface area contributed by atoms with E-state index in [2.05, 4.69) is 80.1 Å². The maximum absolute atomic E-state index is 5.73. The Morgan fingerprint density at radius 1 is 0.966 bits per heavy atom. The molecule has 4 heteroatoms. The summed E-state index contributed by atoms with van der Waals surface area (Å²) in [4.78, 5) is 4.82. The summed E-state index contributed by atoms with van der Waals surface area (Å²) in [6.45, 7) is 12.5. The Hall–Kier alpha value is -0.713. The number of hydrogen-bond acceptors (Lipinski definition) is 2. The Morgan fingerprint density at radius 3 is 2.28 bits per heavy atom. The molecule has 1 aromatic heterocycles. The van der Waals surface area contributed by atoms with Gasteiger partial charge in [-0.1, -0.05) is 87.0 Å². The van der Waals surface area contributed by atoms with Crippen LogP contribution >= 0.6 is 15.9 Å². The van der Waals surface area contributed by atoms with Crippen LogP contribution in [0.25, 0.3) is 10.9 Å². The van der Waals surface area contributed by atoms with Crippen LogP contribution in [0.5, 0.6) is 0 Å². The molecule has 2 rings (SSSR count). The normalized spacial score (nSPS) is 13.3. The standard InChI is InChI=1S/C25H39BrNOSi/c1-25(2,3)23(12-10-8-6-7-9-11-17-28-29(4)5)21-14-13-20-15-16-22(19-26)27-24(20)18-21/h13-16,18,23H,6-12,17,19H2,1-5H3. The fourth-order valence-electron chi connectivity index (χ4n) is 4.00. The van der Waals surface area contributed by atoms with E-state index < -0.39 is 9.04 Å². The second-order valence-electron chi connectivity index (χ2n) is 9.47. The summed E-state index contributed by atoms with van der Waals surface area (Å²) in [5.41, 5.74) is 3.93. The molecule has 0 N–H and O–H groups in total. The van der Waals surface area contributed by atoms with Gasteiger partial charge >= 0.3 is 0 Å². The quantitative estimate of drug-likeness (QED) is 0.174. The van der Waals surface area contributed by atoms with E-state index in [0.717, 1.165) is 23.1 Å². The fourth-order valence-corrected chi connectivity index (χ4v) is 4.87. The lowest BCUT2D eigenvalue weighted by Gasteiger charge is -2.31. The van der Waals surface area contributed by atoms with Gasteiger partial charge in [-0.15, -0.1) is 0 Å². The van der Waals surface area contributed by atoms with Crippen LogP contribution in [0.15, 0.2) is 30.3 Å². The van der Waals surface area contributed by atoms with E-state index in [9.17, 15) is 0 Å². The van der Waals surface area contributed by atoms with Gasteiger partial charge in [-0.05, 0) is 55.0 Å². The molecule has 0 spiro atoms. The van der Waals surface area contributed by atoms with Gasteiger partial charge in [0.15, 0.2) is 0 Å². The lowest BCUT2D eigenvalue weighted by molar-refractivity contribution is 0.295. The van der Waals surface area contributed by atoms with Crippen LogP contribution in [0.2, 0.25) is 13.1 Å². The number of unbranched alkanes of at least 4 members (excludes halogenated alkanes) is 5. The molecule has 0 aliphatic carbocycles. The fraction of sp³-hybridized carbons (Fsp3) is 0.640. The zero-order valence-corrected chi connectivity index (χ0v) is 21.6. The summed E-state index contributed by atoms with van der Waals surface area (Å²) >= 11 is 3.53. The molecule has 0 saturated heterocycles. The molecule has 2 nitrogen and oxygen atoms in total. The van der Waals surface area contributed by atoms with Crippen LogP contribution in [-0.4, -0.2) is 20.6 Å². The van der Waals surface area contributed by atoms with Crippen molar-refractivity contribution < 1.29 is 4.43 Å². The van der Waals surface area contributed by atoms with Crippen LogP contribution in [-0.2, 0) is 9.76 Å². The summed E-state index contributed by atoms with van der Waals surface area (Å²) in [6.07, 6.45) is 9.12. The average molecular weight is 478 g/mol. The van der Waals surface area contributed by atoms with Crippen molar-refractivity contribution in [3.05, 3.63) is 41.6 Å². The van der Waals surface area contributed by atoms with Crippen molar-refractivity contribution >= 4 is 35.9 Å². The summed E-state index contributed by atoms with van der Waals surface area (Å²) in [5, 5.41) is 2.04. The molecule has 0 bridgehead atoms. The van der Waals surface area contributed by atoms with Crippen molar-refractivity contribution in [1.82, 2.24) is 4.98 Å². The van der Waals surface area contributed by atoms with Crippen LogP contribution < -0.4 is 0 Å². The van der Waals surface area contributed by atoms with Crippen molar-refractivity contribution in [2.75, 3.05) is 6.61 Å². The topological polar surface area (TPSA) is 22.1 Å². The first-order valence-electron chi connectivity index (χ1n) is 11.2. The first-order valence-corrected chi connectivity index (χ1v) is 14.7. The summed E-state index contributed by atoms with van der Waals surface area (Å²) in [5.74, 6) is 0.574. The Labute approximate surface area is 188 Å². The number of rotatable bonds is 12. The highest BCUT2D eigenvalue weighted by Gasteiger charge is 2.26. The van der Waals surface area contributed by atoms with E-state index in [0.29, 0.717) is 5.92 Å². The minimum atomic E-state index is -0.509. The van der Waals surface area contributed by atoms with Gasteiger partial charge in [0, 0.05) is 17.3 Å². The molecule has 29 heavy (non-hydrogen) atoms. The zero-order valence-electron chi connectivity index (χ0n) is 19.1. The molecular weight excluding hydrogens is 438 g/mol. The molecular formula is C25H39BrNOSi. The molecule has 2 aromatic rings. The van der Waals surface area contributed by atoms with Gasteiger partial charge in [-0.25, -0.2) is 0 Å². The van der Waals surface area contributed by atoms with Gasteiger partial charge in [-0.2, -0.15) is 0 Å². The lowest BCUT2D eigenvalue weighted by atomic mass is 9.73. The molecule has 1 aromatic carbocycles. The second kappa shape index (κ2) is 12.2. The molecule has 0 aliphatic heterocycles. The van der Waals surface area contributed by atoms with Crippen molar-refractivity contribution in [2.45, 2.75) is 90.1 Å². The van der Waals surface area contributed by atoms with E-state index >= 15 is 0 Å². The lowest BCUT2D eigenvalue weighted by Crippen LogP contribution is -2.18. The van der Waals surface area contributed by atoms with Gasteiger partial charge in [-0.3, -0.25) is 4.98 Å². The van der Waals surface area contributed by atoms with Crippen molar-refractivity contribution in [1.29, 1.82) is 0 Å². The third-order valence-corrected chi connectivity index (χ3v) is 6.99. The maximum Gasteiger partial charge on any atom is 0.204 e. The molecule has 1 radical (unpaired) electrons. The van der Waals surface area contributed by atoms with Crippen LogP contribution in [0, 0.1) is 5.41 Å². The zero-order chi connectivity index (χ0) is 21.3. The monoisotopic (exact) mass is 476 g/mol. The molecule has 0 amide bonds. The van der Waals surface area contributed by atoms with E-state index in [-0.39, 0.29) is 5.41 Å². The molecule has 1 atom stereocenters. The van der Waals surface area contributed by atoms with Gasteiger partial charge in [0.1, 0.15) is 0 Å². The minimum absolute atomic E-state index is 0.262. The van der Waals surface area contributed by atoms with Crippen LogP contribution in [0.1, 0.15) is 82.9 Å². The number of hydrogen-bond donors (Lipinski definition) is 0. The summed E-state index contributed by atoms with van der Waals surface area (Å²) in [6, 6.07) is 11.2. The highest BCUT2D eigenvalue weighted by molar-refractivity contribution is 9.08. The van der Waals surface area contributed by atoms with Crippen molar-refractivity contribution in [3.63, 3.8) is 0 Å². The van der Waals surface area contributed by atoms with Gasteiger partial charge < -0.3 is 4.43 Å². The Kier molecular flexibility index (Phi) is 10.3. The number of nitrogens with zero attached hydrogens (tertiary/aromatic N) is 1. The first-order chi connectivity index (χ1) is 13.8. The maximum atomic E-state index is 5.73. The van der Waals surface area contributed by atoms with E-state index in [1.807, 2.05) is 0 Å². The number of alkyl halides is 1. The molecule has 161 valence electrons. The highest BCUT2D eigenvalue weighted by Crippen LogP contribution is 2.39. The number of halogens is 1. The van der Waals surface area contributed by atoms with Crippen molar-refractivity contribution in [2.24, 2.45) is 5.41 Å². The number of pyridine rings is 1. The summed E-state index contributed by atoms with van der Waals surface area (Å²) in [7, 11) is -0.509. The molecule has 1 unspecified atom stereocenters. The predicted molar refractivity (Wildman–Crippen MR) is 132 cm³/mol. The molecule has 0 saturated carbocycles. The number of benzene rings is 1. The van der Waals surface area contributed by atoms with Crippen LogP contribution in [0.3, 0.4) is 0 Å². The third kappa shape index (κ3) is 8.51. The SMILES string of the molecule is C[Si](C)OCCCCCCCCC(c1ccc2ccc(CBr)nc2c1)C(C)(C)C. The Balaban J connectivity index is 1.87. The van der Waals surface area contributed by atoms with E-state index in [1.54, 1.807) is 0 Å². The Morgan fingerprint density at radius 2 is 1.62 bits per heavy atom.